The van der Waals surface area contributed by atoms with Gasteiger partial charge in [0.1, 0.15) is 23.9 Å². The Bertz CT molecular complexity index is 1050. The fraction of sp³-hybridized carbons (Fsp3) is 0.182. The second-order valence-electron chi connectivity index (χ2n) is 6.49. The van der Waals surface area contributed by atoms with Gasteiger partial charge in [-0.1, -0.05) is 23.9 Å². The first-order valence-electron chi connectivity index (χ1n) is 9.43. The van der Waals surface area contributed by atoms with Crippen molar-refractivity contribution in [1.29, 1.82) is 0 Å². The standard InChI is InChI=1S/C22H20N2O5S/c1-2-27-16-5-3-4-14(12-16)13-29-15-6-8-17(9-7-15)30-18-10-11-28-20(18)19-21(25)24-22(26)23-19/h3-12,19H,2,13H2,1H3,(H2,23,24,25,26). The Morgan fingerprint density at radius 2 is 1.87 bits per heavy atom. The number of carbonyl (C=O) groups is 2. The highest BCUT2D eigenvalue weighted by Gasteiger charge is 2.35. The molecule has 30 heavy (non-hydrogen) atoms. The summed E-state index contributed by atoms with van der Waals surface area (Å²) >= 11 is 1.44. The van der Waals surface area contributed by atoms with Crippen LogP contribution < -0.4 is 20.1 Å². The maximum Gasteiger partial charge on any atom is 0.322 e. The average molecular weight is 424 g/mol. The van der Waals surface area contributed by atoms with E-state index in [-0.39, 0.29) is 0 Å². The third-order valence-corrected chi connectivity index (χ3v) is 5.43. The van der Waals surface area contributed by atoms with Gasteiger partial charge in [-0.3, -0.25) is 10.1 Å². The van der Waals surface area contributed by atoms with Crippen LogP contribution in [0.25, 0.3) is 0 Å². The van der Waals surface area contributed by atoms with Gasteiger partial charge >= 0.3 is 6.03 Å². The zero-order chi connectivity index (χ0) is 20.9. The minimum atomic E-state index is -0.815. The number of benzene rings is 2. The number of nitrogens with one attached hydrogen (secondary N) is 2. The van der Waals surface area contributed by atoms with Crippen molar-refractivity contribution in [3.8, 4) is 11.5 Å². The van der Waals surface area contributed by atoms with E-state index in [0.29, 0.717) is 19.0 Å². The lowest BCUT2D eigenvalue weighted by Crippen LogP contribution is -2.22. The molecule has 2 heterocycles. The summed E-state index contributed by atoms with van der Waals surface area (Å²) in [5.41, 5.74) is 1.03. The highest BCUT2D eigenvalue weighted by Crippen LogP contribution is 2.35. The van der Waals surface area contributed by atoms with E-state index in [1.54, 1.807) is 6.07 Å². The van der Waals surface area contributed by atoms with Crippen LogP contribution in [0.3, 0.4) is 0 Å². The van der Waals surface area contributed by atoms with Gasteiger partial charge in [-0.25, -0.2) is 4.79 Å². The topological polar surface area (TPSA) is 89.8 Å². The molecule has 2 N–H and O–H groups in total. The molecule has 1 unspecified atom stereocenters. The lowest BCUT2D eigenvalue weighted by atomic mass is 10.2. The van der Waals surface area contributed by atoms with Gasteiger partial charge in [0.15, 0.2) is 6.04 Å². The van der Waals surface area contributed by atoms with Crippen LogP contribution in [-0.2, 0) is 11.4 Å². The number of rotatable bonds is 8. The first-order valence-corrected chi connectivity index (χ1v) is 10.2. The number of hydrogen-bond donors (Lipinski definition) is 2. The molecule has 1 aliphatic heterocycles. The van der Waals surface area contributed by atoms with Crippen LogP contribution in [0, 0.1) is 0 Å². The Kier molecular flexibility index (Phi) is 5.94. The molecule has 1 atom stereocenters. The molecule has 0 radical (unpaired) electrons. The normalized spacial score (nSPS) is 15.6. The van der Waals surface area contributed by atoms with Crippen molar-refractivity contribution in [2.75, 3.05) is 6.61 Å². The number of urea groups is 1. The van der Waals surface area contributed by atoms with Crippen LogP contribution in [-0.4, -0.2) is 18.5 Å². The van der Waals surface area contributed by atoms with Crippen molar-refractivity contribution in [1.82, 2.24) is 10.6 Å². The van der Waals surface area contributed by atoms with E-state index in [1.165, 1.54) is 18.0 Å². The Hall–Kier alpha value is -3.39. The largest absolute Gasteiger partial charge is 0.494 e. The van der Waals surface area contributed by atoms with E-state index < -0.39 is 18.0 Å². The summed E-state index contributed by atoms with van der Waals surface area (Å²) in [6.07, 6.45) is 1.50. The van der Waals surface area contributed by atoms with Crippen molar-refractivity contribution < 1.29 is 23.5 Å². The summed E-state index contributed by atoms with van der Waals surface area (Å²) in [4.78, 5) is 25.0. The second kappa shape index (κ2) is 8.96. The molecule has 0 bridgehead atoms. The van der Waals surface area contributed by atoms with E-state index in [1.807, 2.05) is 55.5 Å². The number of imide groups is 1. The minimum absolute atomic E-state index is 0.415. The number of amides is 3. The Labute approximate surface area is 177 Å². The molecule has 1 aromatic heterocycles. The zero-order valence-corrected chi connectivity index (χ0v) is 17.0. The summed E-state index contributed by atoms with van der Waals surface area (Å²) < 4.78 is 16.8. The zero-order valence-electron chi connectivity index (χ0n) is 16.2. The van der Waals surface area contributed by atoms with E-state index in [4.69, 9.17) is 13.9 Å². The first-order chi connectivity index (χ1) is 14.6. The van der Waals surface area contributed by atoms with Crippen LogP contribution >= 0.6 is 11.8 Å². The number of ether oxygens (including phenoxy) is 2. The van der Waals surface area contributed by atoms with Crippen LogP contribution in [0.1, 0.15) is 24.3 Å². The number of furan rings is 1. The van der Waals surface area contributed by atoms with Gasteiger partial charge in [0, 0.05) is 4.90 Å². The smallest absolute Gasteiger partial charge is 0.322 e. The Morgan fingerprint density at radius 3 is 2.60 bits per heavy atom. The molecule has 8 heteroatoms. The molecular formula is C22H20N2O5S. The molecule has 0 spiro atoms. The van der Waals surface area contributed by atoms with Gasteiger partial charge in [0.25, 0.3) is 5.91 Å². The van der Waals surface area contributed by atoms with E-state index in [2.05, 4.69) is 10.6 Å². The van der Waals surface area contributed by atoms with Gasteiger partial charge in [0.05, 0.1) is 17.8 Å². The fourth-order valence-corrected chi connectivity index (χ4v) is 3.91. The molecule has 1 saturated heterocycles. The molecule has 154 valence electrons. The third-order valence-electron chi connectivity index (χ3n) is 4.36. The van der Waals surface area contributed by atoms with Gasteiger partial charge < -0.3 is 19.2 Å². The van der Waals surface area contributed by atoms with Crippen molar-refractivity contribution in [3.63, 3.8) is 0 Å². The summed E-state index contributed by atoms with van der Waals surface area (Å²) in [6, 6.07) is 15.9. The SMILES string of the molecule is CCOc1cccc(COc2ccc(Sc3ccoc3C3NC(=O)NC3=O)cc2)c1. The molecule has 7 nitrogen and oxygen atoms in total. The lowest BCUT2D eigenvalue weighted by molar-refractivity contribution is -0.120. The number of carbonyl (C=O) groups excluding carboxylic acids is 2. The quantitative estimate of drug-likeness (QED) is 0.525. The van der Waals surface area contributed by atoms with E-state index in [0.717, 1.165) is 26.9 Å². The summed E-state index contributed by atoms with van der Waals surface area (Å²) in [5.74, 6) is 1.57. The van der Waals surface area contributed by atoms with Crippen molar-refractivity contribution in [3.05, 3.63) is 72.2 Å². The van der Waals surface area contributed by atoms with E-state index in [9.17, 15) is 9.59 Å². The Balaban J connectivity index is 1.38. The average Bonchev–Trinajstić information content (AvgIpc) is 3.33. The molecule has 1 aliphatic rings. The second-order valence-corrected chi connectivity index (χ2v) is 7.60. The molecule has 3 aromatic rings. The van der Waals surface area contributed by atoms with E-state index >= 15 is 0 Å². The lowest BCUT2D eigenvalue weighted by Gasteiger charge is -2.10. The van der Waals surface area contributed by atoms with Gasteiger partial charge in [0.2, 0.25) is 0 Å². The molecule has 2 aromatic carbocycles. The van der Waals surface area contributed by atoms with Crippen molar-refractivity contribution in [2.45, 2.75) is 29.4 Å². The predicted octanol–water partition coefficient (Wildman–Crippen LogP) is 4.29. The molecule has 0 saturated carbocycles. The van der Waals surface area contributed by atoms with Crippen LogP contribution in [0.15, 0.2) is 75.1 Å². The highest BCUT2D eigenvalue weighted by atomic mass is 32.2. The maximum absolute atomic E-state index is 11.9. The first kappa shape index (κ1) is 19.9. The minimum Gasteiger partial charge on any atom is -0.494 e. The molecule has 3 amide bonds. The monoisotopic (exact) mass is 424 g/mol. The van der Waals surface area contributed by atoms with Crippen LogP contribution in [0.5, 0.6) is 11.5 Å². The summed E-state index contributed by atoms with van der Waals surface area (Å²) in [5, 5.41) is 4.76. The summed E-state index contributed by atoms with van der Waals surface area (Å²) in [6.45, 7) is 3.02. The predicted molar refractivity (Wildman–Crippen MR) is 111 cm³/mol. The Morgan fingerprint density at radius 1 is 1.03 bits per heavy atom. The highest BCUT2D eigenvalue weighted by molar-refractivity contribution is 7.99. The van der Waals surface area contributed by atoms with Gasteiger partial charge in [-0.05, 0) is 55.0 Å². The molecule has 4 rings (SSSR count). The summed E-state index contributed by atoms with van der Waals surface area (Å²) in [7, 11) is 0. The maximum atomic E-state index is 11.9. The van der Waals surface area contributed by atoms with Crippen molar-refractivity contribution >= 4 is 23.7 Å². The fourth-order valence-electron chi connectivity index (χ4n) is 2.99. The van der Waals surface area contributed by atoms with Gasteiger partial charge in [-0.15, -0.1) is 0 Å². The van der Waals surface area contributed by atoms with Crippen LogP contribution in [0.2, 0.25) is 0 Å². The number of hydrogen-bond acceptors (Lipinski definition) is 6. The van der Waals surface area contributed by atoms with Crippen LogP contribution in [0.4, 0.5) is 4.79 Å². The molecular weight excluding hydrogens is 404 g/mol. The third kappa shape index (κ3) is 4.60. The molecule has 0 aliphatic carbocycles. The van der Waals surface area contributed by atoms with Crippen molar-refractivity contribution in [2.24, 2.45) is 0 Å². The van der Waals surface area contributed by atoms with Gasteiger partial charge in [-0.2, -0.15) is 0 Å². The molecule has 1 fully saturated rings.